The molecule has 424 valence electrons. The van der Waals surface area contributed by atoms with Crippen LogP contribution in [0.1, 0.15) is 116 Å². The van der Waals surface area contributed by atoms with Gasteiger partial charge in [-0.05, 0) is 125 Å². The fraction of sp³-hybridized carbons (Fsp3) is 0.483. The summed E-state index contributed by atoms with van der Waals surface area (Å²) in [6.07, 6.45) is -5.35. The van der Waals surface area contributed by atoms with Crippen LogP contribution in [0.3, 0.4) is 0 Å². The molecule has 4 aromatic carbocycles. The number of nitriles is 1. The molecule has 4 saturated heterocycles. The van der Waals surface area contributed by atoms with Crippen molar-refractivity contribution in [2.45, 2.75) is 102 Å². The fourth-order valence-corrected chi connectivity index (χ4v) is 13.5. The Bertz CT molecular complexity index is 3480. The van der Waals surface area contributed by atoms with Gasteiger partial charge in [-0.2, -0.15) is 31.6 Å². The second kappa shape index (κ2) is 20.8. The van der Waals surface area contributed by atoms with Crippen LogP contribution < -0.4 is 9.80 Å². The summed E-state index contributed by atoms with van der Waals surface area (Å²) in [7, 11) is 3.68. The molecule has 2 aromatic heterocycles. The van der Waals surface area contributed by atoms with E-state index in [1.54, 1.807) is 30.3 Å². The third-order valence-corrected chi connectivity index (χ3v) is 17.7. The quantitative estimate of drug-likeness (QED) is 0.0960. The second-order valence-corrected chi connectivity index (χ2v) is 23.9. The molecular weight excluding hydrogens is 1050 g/mol. The molecule has 6 aliphatic rings. The van der Waals surface area contributed by atoms with Crippen LogP contribution in [0.4, 0.5) is 37.7 Å². The number of benzene rings is 4. The second-order valence-electron chi connectivity index (χ2n) is 23.9. The lowest BCUT2D eigenvalue weighted by Crippen LogP contribution is -2.49. The molecule has 0 aliphatic carbocycles. The summed E-state index contributed by atoms with van der Waals surface area (Å²) in [4.78, 5) is 35.5. The molecule has 0 spiro atoms. The lowest BCUT2D eigenvalue weighted by atomic mass is 9.75. The Morgan fingerprint density at radius 1 is 0.642 bits per heavy atom. The molecule has 0 radical (unpaired) electrons. The number of carbonyl (C=O) groups excluding carboxylic acids is 2. The van der Waals surface area contributed by atoms with Gasteiger partial charge in [-0.1, -0.05) is 38.1 Å². The summed E-state index contributed by atoms with van der Waals surface area (Å²) in [6.45, 7) is 8.66. The van der Waals surface area contributed by atoms with Crippen LogP contribution in [0, 0.1) is 29.1 Å². The summed E-state index contributed by atoms with van der Waals surface area (Å²) in [5.74, 6) is 2.18. The molecule has 0 N–H and O–H groups in total. The molecule has 4 fully saturated rings. The van der Waals surface area contributed by atoms with E-state index < -0.39 is 46.1 Å². The Morgan fingerprint density at radius 2 is 1.11 bits per heavy atom. The van der Waals surface area contributed by atoms with Crippen molar-refractivity contribution in [3.8, 4) is 17.7 Å². The summed E-state index contributed by atoms with van der Waals surface area (Å²) in [5, 5.41) is 27.6. The van der Waals surface area contributed by atoms with Gasteiger partial charge in [-0.25, -0.2) is 0 Å². The Morgan fingerprint density at radius 3 is 1.54 bits per heavy atom. The number of carbonyl (C=O) groups is 2. The standard InChI is InChI=1S/C60H63F6N11O4/c1-36-16-37(2)26-75(25-36)29-40-18-46-48(50(20-40)60(64,65)66)31-77(56(46)79)44-12-6-10-42(22-44)58(34-81-35-58)24-52-69-71-54(73(52)4)53-70-68-51(72(53)3)23-57(32-80-33-57)41-9-5-11-43(21-41)76-30-47-45(55(76)78)17-39(19-49(47)59(61,62)63)28-74-15-7-8-38(27-74)13-14-67/h5-6,9-12,17-22,36-38H,7-8,13,15-16,23-35H2,1-4H3/t36-,37+,38?. The third kappa shape index (κ3) is 10.2. The van der Waals surface area contributed by atoms with Crippen LogP contribution in [-0.4, -0.2) is 104 Å². The number of hydrogen-bond acceptors (Lipinski definition) is 11. The Kier molecular flexibility index (Phi) is 14.0. The van der Waals surface area contributed by atoms with Gasteiger partial charge in [-0.3, -0.25) is 19.4 Å². The average molecular weight is 1120 g/mol. The highest BCUT2D eigenvalue weighted by Gasteiger charge is 2.47. The first-order valence-electron chi connectivity index (χ1n) is 27.7. The fourth-order valence-electron chi connectivity index (χ4n) is 13.5. The van der Waals surface area contributed by atoms with Gasteiger partial charge in [0, 0.05) is 99.4 Å². The first-order chi connectivity index (χ1) is 38.7. The maximum absolute atomic E-state index is 14.8. The lowest BCUT2D eigenvalue weighted by Gasteiger charge is -2.42. The topological polar surface area (TPSA) is 151 Å². The number of aromatic nitrogens is 6. The maximum Gasteiger partial charge on any atom is 0.416 e. The molecule has 6 aliphatic heterocycles. The summed E-state index contributed by atoms with van der Waals surface area (Å²) in [5.41, 5.74) is 0.792. The molecule has 2 amide bonds. The molecule has 8 heterocycles. The molecule has 0 saturated carbocycles. The number of ether oxygens (including phenoxy) is 2. The third-order valence-electron chi connectivity index (χ3n) is 17.7. The van der Waals surface area contributed by atoms with Gasteiger partial charge in [-0.15, -0.1) is 20.4 Å². The van der Waals surface area contributed by atoms with Gasteiger partial charge in [0.1, 0.15) is 11.6 Å². The first-order valence-corrected chi connectivity index (χ1v) is 27.7. The zero-order valence-corrected chi connectivity index (χ0v) is 45.7. The normalized spacial score (nSPS) is 21.9. The maximum atomic E-state index is 14.8. The number of piperidine rings is 2. The number of rotatable bonds is 14. The zero-order valence-electron chi connectivity index (χ0n) is 45.7. The van der Waals surface area contributed by atoms with Crippen molar-refractivity contribution < 1.29 is 45.4 Å². The van der Waals surface area contributed by atoms with Crippen molar-refractivity contribution in [1.29, 1.82) is 5.26 Å². The van der Waals surface area contributed by atoms with Crippen molar-refractivity contribution in [3.05, 3.63) is 140 Å². The van der Waals surface area contributed by atoms with Crippen LogP contribution in [-0.2, 0) is 85.8 Å². The molecule has 12 rings (SSSR count). The average Bonchev–Trinajstić information content (AvgIpc) is 3.81. The number of halogens is 6. The smallest absolute Gasteiger partial charge is 0.379 e. The van der Waals surface area contributed by atoms with Gasteiger partial charge in [0.25, 0.3) is 11.8 Å². The zero-order chi connectivity index (χ0) is 56.8. The molecule has 81 heavy (non-hydrogen) atoms. The largest absolute Gasteiger partial charge is 0.416 e. The van der Waals surface area contributed by atoms with E-state index in [0.29, 0.717) is 123 Å². The number of nitrogens with zero attached hydrogens (tertiary/aromatic N) is 11. The van der Waals surface area contributed by atoms with Crippen LogP contribution in [0.25, 0.3) is 11.6 Å². The van der Waals surface area contributed by atoms with E-state index in [-0.39, 0.29) is 47.8 Å². The SMILES string of the molecule is C[C@@H]1C[C@H](C)CN(Cc2cc3c(c(C(F)(F)F)c2)CN(c2cccc(C4(Cc5nnc(-c6nnc(CC7(c8cccc(N9Cc%10c(cc(CN%11CCCC(CC#N)C%11)cc%10C(F)(F)F)C9=O)c8)COC7)n6C)n5C)COC4)c2)C3=O)C1. The molecule has 15 nitrogen and oxygen atoms in total. The van der Waals surface area contributed by atoms with Crippen molar-refractivity contribution in [2.24, 2.45) is 31.8 Å². The van der Waals surface area contributed by atoms with Crippen molar-refractivity contribution in [3.63, 3.8) is 0 Å². The highest BCUT2D eigenvalue weighted by atomic mass is 19.4. The van der Waals surface area contributed by atoms with E-state index in [2.05, 4.69) is 50.1 Å². The van der Waals surface area contributed by atoms with Gasteiger partial charge >= 0.3 is 12.4 Å². The van der Waals surface area contributed by atoms with E-state index in [4.69, 9.17) is 9.47 Å². The summed E-state index contributed by atoms with van der Waals surface area (Å²) < 4.78 is 104. The van der Waals surface area contributed by atoms with Gasteiger partial charge < -0.3 is 28.4 Å². The van der Waals surface area contributed by atoms with E-state index in [1.807, 2.05) is 53.6 Å². The van der Waals surface area contributed by atoms with E-state index >= 15 is 0 Å². The molecule has 1 unspecified atom stereocenters. The molecular formula is C60H63F6N11O4. The van der Waals surface area contributed by atoms with Gasteiger partial charge in [0.05, 0.1) is 56.7 Å². The van der Waals surface area contributed by atoms with Crippen LogP contribution in [0.2, 0.25) is 0 Å². The monoisotopic (exact) mass is 1120 g/mol. The van der Waals surface area contributed by atoms with Gasteiger partial charge in [0.2, 0.25) is 11.6 Å². The number of amides is 2. The number of fused-ring (bicyclic) bond motifs is 2. The highest BCUT2D eigenvalue weighted by molar-refractivity contribution is 6.11. The van der Waals surface area contributed by atoms with E-state index in [1.165, 1.54) is 21.9 Å². The predicted molar refractivity (Wildman–Crippen MR) is 287 cm³/mol. The van der Waals surface area contributed by atoms with Crippen LogP contribution >= 0.6 is 0 Å². The Hall–Kier alpha value is -6.99. The van der Waals surface area contributed by atoms with Crippen molar-refractivity contribution >= 4 is 23.2 Å². The number of likely N-dealkylation sites (tertiary alicyclic amines) is 2. The highest BCUT2D eigenvalue weighted by Crippen LogP contribution is 2.45. The first kappa shape index (κ1) is 54.6. The van der Waals surface area contributed by atoms with E-state index in [0.717, 1.165) is 43.5 Å². The molecule has 0 bridgehead atoms. The predicted octanol–water partition coefficient (Wildman–Crippen LogP) is 9.59. The van der Waals surface area contributed by atoms with E-state index in [9.17, 15) is 41.2 Å². The number of anilines is 2. The minimum atomic E-state index is -4.68. The Balaban J connectivity index is 0.749. The minimum absolute atomic E-state index is 0.0192. The van der Waals surface area contributed by atoms with Gasteiger partial charge in [0.15, 0.2) is 0 Å². The molecule has 3 atom stereocenters. The lowest BCUT2D eigenvalue weighted by molar-refractivity contribution is -0.139. The summed E-state index contributed by atoms with van der Waals surface area (Å²) in [6, 6.07) is 22.5. The minimum Gasteiger partial charge on any atom is -0.379 e. The molecule has 6 aromatic rings. The van der Waals surface area contributed by atoms with Crippen LogP contribution in [0.5, 0.6) is 0 Å². The number of hydrogen-bond donors (Lipinski definition) is 0. The van der Waals surface area contributed by atoms with Crippen molar-refractivity contribution in [2.75, 3.05) is 62.4 Å². The number of alkyl halides is 6. The molecule has 21 heteroatoms. The van der Waals surface area contributed by atoms with Crippen LogP contribution in [0.15, 0.2) is 72.8 Å². The Labute approximate surface area is 465 Å². The van der Waals surface area contributed by atoms with Crippen molar-refractivity contribution in [1.82, 2.24) is 39.3 Å². The summed E-state index contributed by atoms with van der Waals surface area (Å²) >= 11 is 0.